The molecule has 0 spiro atoms. The molecule has 14 heteroatoms. The normalized spacial score (nSPS) is 22.4. The summed E-state index contributed by atoms with van der Waals surface area (Å²) in [5.74, 6) is -6.42. The molecule has 3 amide bonds. The summed E-state index contributed by atoms with van der Waals surface area (Å²) >= 11 is 0. The van der Waals surface area contributed by atoms with E-state index in [1.54, 1.807) is 29.2 Å². The number of carbonyl (C=O) groups is 2. The standard InChI is InChI=1S/C27H32F4N8O2/c1-2-38-20(7-10-33-38)24(40)36-22(16-5-8-26(28,29)9-6-16)19-13-39-21(35-19)11-18(12-34-39)23(17-3-4-17)37-15-27(30,31)14-32-25(37)41/h7,10-13,16-17,22-23H,2-6,8-9,14-15H2,1H3,(H,32,41)(H,36,40)/t22-,23+/m0/s1. The summed E-state index contributed by atoms with van der Waals surface area (Å²) in [7, 11) is 0. The van der Waals surface area contributed by atoms with Crippen LogP contribution < -0.4 is 10.6 Å². The minimum absolute atomic E-state index is 0.0349. The van der Waals surface area contributed by atoms with Crippen molar-refractivity contribution in [3.8, 4) is 0 Å². The van der Waals surface area contributed by atoms with Gasteiger partial charge in [0.1, 0.15) is 5.69 Å². The number of amides is 3. The topological polar surface area (TPSA) is 109 Å². The fourth-order valence-corrected chi connectivity index (χ4v) is 6.07. The second-order valence-corrected chi connectivity index (χ2v) is 11.4. The number of nitrogens with one attached hydrogen (secondary N) is 2. The molecule has 2 saturated carbocycles. The minimum atomic E-state index is -3.05. The smallest absolute Gasteiger partial charge is 0.318 e. The van der Waals surface area contributed by atoms with Crippen molar-refractivity contribution in [1.82, 2.24) is 39.9 Å². The van der Waals surface area contributed by atoms with E-state index in [4.69, 9.17) is 4.98 Å². The number of urea groups is 1. The molecule has 10 nitrogen and oxygen atoms in total. The number of carbonyl (C=O) groups excluding carboxylic acids is 2. The highest BCUT2D eigenvalue weighted by molar-refractivity contribution is 5.92. The highest BCUT2D eigenvalue weighted by Crippen LogP contribution is 2.46. The molecule has 2 N–H and O–H groups in total. The maximum Gasteiger partial charge on any atom is 0.318 e. The molecule has 0 aromatic carbocycles. The Bertz CT molecular complexity index is 1440. The molecular formula is C27H32F4N8O2. The zero-order chi connectivity index (χ0) is 28.9. The molecule has 0 unspecified atom stereocenters. The van der Waals surface area contributed by atoms with Gasteiger partial charge in [0.2, 0.25) is 5.92 Å². The van der Waals surface area contributed by atoms with Crippen LogP contribution in [0.2, 0.25) is 0 Å². The molecule has 41 heavy (non-hydrogen) atoms. The summed E-state index contributed by atoms with van der Waals surface area (Å²) in [5.41, 5.74) is 1.82. The number of hydrogen-bond acceptors (Lipinski definition) is 5. The van der Waals surface area contributed by atoms with Crippen LogP contribution in [0.15, 0.2) is 30.7 Å². The number of alkyl halides is 4. The molecule has 4 heterocycles. The van der Waals surface area contributed by atoms with Crippen LogP contribution in [0.25, 0.3) is 5.65 Å². The van der Waals surface area contributed by atoms with Gasteiger partial charge in [0.15, 0.2) is 5.65 Å². The lowest BCUT2D eigenvalue weighted by atomic mass is 9.81. The van der Waals surface area contributed by atoms with E-state index in [0.717, 1.165) is 12.8 Å². The van der Waals surface area contributed by atoms with Crippen LogP contribution >= 0.6 is 0 Å². The molecule has 2 aliphatic carbocycles. The number of aromatic nitrogens is 5. The van der Waals surface area contributed by atoms with Crippen molar-refractivity contribution >= 4 is 17.6 Å². The van der Waals surface area contributed by atoms with E-state index < -0.39 is 43.0 Å². The zero-order valence-electron chi connectivity index (χ0n) is 22.6. The second kappa shape index (κ2) is 10.3. The van der Waals surface area contributed by atoms with Gasteiger partial charge in [0.25, 0.3) is 11.8 Å². The number of fused-ring (bicyclic) bond motifs is 1. The Balaban J connectivity index is 1.32. The van der Waals surface area contributed by atoms with Crippen LogP contribution in [0.3, 0.4) is 0 Å². The third kappa shape index (κ3) is 5.60. The van der Waals surface area contributed by atoms with Crippen LogP contribution in [-0.2, 0) is 6.54 Å². The summed E-state index contributed by atoms with van der Waals surface area (Å²) in [4.78, 5) is 31.8. The van der Waals surface area contributed by atoms with Crippen molar-refractivity contribution in [1.29, 1.82) is 0 Å². The lowest BCUT2D eigenvalue weighted by Gasteiger charge is -2.38. The molecule has 3 aliphatic rings. The Morgan fingerprint density at radius 2 is 1.88 bits per heavy atom. The van der Waals surface area contributed by atoms with Gasteiger partial charge in [-0.15, -0.1) is 0 Å². The predicted molar refractivity (Wildman–Crippen MR) is 139 cm³/mol. The maximum atomic E-state index is 14.2. The molecule has 0 radical (unpaired) electrons. The molecule has 3 aromatic rings. The first-order valence-corrected chi connectivity index (χ1v) is 14.0. The Kier molecular flexibility index (Phi) is 6.89. The third-order valence-corrected chi connectivity index (χ3v) is 8.35. The highest BCUT2D eigenvalue weighted by Gasteiger charge is 2.47. The van der Waals surface area contributed by atoms with Crippen molar-refractivity contribution in [3.63, 3.8) is 0 Å². The fraction of sp³-hybridized carbons (Fsp3) is 0.593. The first-order chi connectivity index (χ1) is 19.5. The lowest BCUT2D eigenvalue weighted by molar-refractivity contribution is -0.0495. The first-order valence-electron chi connectivity index (χ1n) is 14.0. The Morgan fingerprint density at radius 3 is 2.59 bits per heavy atom. The summed E-state index contributed by atoms with van der Waals surface area (Å²) in [6.07, 6.45) is 6.20. The number of rotatable bonds is 8. The molecule has 2 atom stereocenters. The quantitative estimate of drug-likeness (QED) is 0.388. The molecule has 3 aromatic heterocycles. The molecule has 1 aliphatic heterocycles. The fourth-order valence-electron chi connectivity index (χ4n) is 6.07. The Morgan fingerprint density at radius 1 is 1.12 bits per heavy atom. The van der Waals surface area contributed by atoms with Gasteiger partial charge < -0.3 is 15.5 Å². The number of halogens is 4. The zero-order valence-corrected chi connectivity index (χ0v) is 22.6. The molecular weight excluding hydrogens is 544 g/mol. The van der Waals surface area contributed by atoms with Crippen molar-refractivity contribution in [2.24, 2.45) is 11.8 Å². The van der Waals surface area contributed by atoms with E-state index in [1.807, 2.05) is 6.92 Å². The van der Waals surface area contributed by atoms with E-state index in [-0.39, 0.29) is 43.4 Å². The van der Waals surface area contributed by atoms with Gasteiger partial charge in [0.05, 0.1) is 43.3 Å². The SMILES string of the molecule is CCn1nccc1C(=O)N[C@H](c1cn2ncc([C@@H](C3CC3)N3CC(F)(F)CNC3=O)cc2n1)C1CCC(F)(F)CC1. The van der Waals surface area contributed by atoms with Crippen molar-refractivity contribution in [3.05, 3.63) is 47.7 Å². The predicted octanol–water partition coefficient (Wildman–Crippen LogP) is 4.35. The molecule has 0 bridgehead atoms. The van der Waals surface area contributed by atoms with Crippen LogP contribution in [0.5, 0.6) is 0 Å². The first kappa shape index (κ1) is 27.5. The van der Waals surface area contributed by atoms with Gasteiger partial charge in [-0.25, -0.2) is 31.9 Å². The number of imidazole rings is 1. The molecule has 3 fully saturated rings. The summed E-state index contributed by atoms with van der Waals surface area (Å²) in [6, 6.07) is 1.54. The van der Waals surface area contributed by atoms with E-state index in [0.29, 0.717) is 29.1 Å². The summed E-state index contributed by atoms with van der Waals surface area (Å²) in [6.45, 7) is 0.971. The van der Waals surface area contributed by atoms with E-state index in [2.05, 4.69) is 20.8 Å². The van der Waals surface area contributed by atoms with E-state index >= 15 is 0 Å². The monoisotopic (exact) mass is 576 g/mol. The Labute approximate surface area is 233 Å². The number of aryl methyl sites for hydroxylation is 1. The minimum Gasteiger partial charge on any atom is -0.342 e. The van der Waals surface area contributed by atoms with Crippen molar-refractivity contribution in [2.75, 3.05) is 13.1 Å². The Hall–Kier alpha value is -3.71. The maximum absolute atomic E-state index is 14.2. The van der Waals surface area contributed by atoms with Gasteiger partial charge in [-0.1, -0.05) is 0 Å². The van der Waals surface area contributed by atoms with Crippen LogP contribution in [0, 0.1) is 11.8 Å². The number of nitrogens with zero attached hydrogens (tertiary/aromatic N) is 6. The van der Waals surface area contributed by atoms with Gasteiger partial charge in [-0.05, 0) is 62.1 Å². The molecule has 220 valence electrons. The van der Waals surface area contributed by atoms with Crippen LogP contribution in [-0.4, -0.2) is 66.2 Å². The van der Waals surface area contributed by atoms with E-state index in [9.17, 15) is 27.2 Å². The largest absolute Gasteiger partial charge is 0.342 e. The van der Waals surface area contributed by atoms with Crippen molar-refractivity contribution in [2.45, 2.75) is 75.9 Å². The van der Waals surface area contributed by atoms with Gasteiger partial charge in [0, 0.05) is 25.6 Å². The second-order valence-electron chi connectivity index (χ2n) is 11.4. The average Bonchev–Trinajstić information content (AvgIpc) is 3.48. The van der Waals surface area contributed by atoms with Gasteiger partial charge >= 0.3 is 6.03 Å². The number of hydrogen-bond donors (Lipinski definition) is 2. The van der Waals surface area contributed by atoms with Crippen molar-refractivity contribution < 1.29 is 27.2 Å². The average molecular weight is 577 g/mol. The summed E-state index contributed by atoms with van der Waals surface area (Å²) in [5, 5.41) is 13.9. The van der Waals surface area contributed by atoms with Crippen LogP contribution in [0.1, 0.15) is 79.3 Å². The van der Waals surface area contributed by atoms with Gasteiger partial charge in [-0.3, -0.25) is 9.48 Å². The third-order valence-electron chi connectivity index (χ3n) is 8.35. The van der Waals surface area contributed by atoms with Crippen LogP contribution in [0.4, 0.5) is 22.4 Å². The van der Waals surface area contributed by atoms with Gasteiger partial charge in [-0.2, -0.15) is 10.2 Å². The summed E-state index contributed by atoms with van der Waals surface area (Å²) < 4.78 is 59.6. The molecule has 6 rings (SSSR count). The highest BCUT2D eigenvalue weighted by atomic mass is 19.3. The lowest BCUT2D eigenvalue weighted by Crippen LogP contribution is -2.58. The molecule has 1 saturated heterocycles. The van der Waals surface area contributed by atoms with E-state index in [1.165, 1.54) is 15.6 Å².